The zero-order valence-electron chi connectivity index (χ0n) is 7.99. The van der Waals surface area contributed by atoms with Gasteiger partial charge in [-0.05, 0) is 18.9 Å². The predicted molar refractivity (Wildman–Crippen MR) is 49.7 cm³/mol. The van der Waals surface area contributed by atoms with Crippen LogP contribution >= 0.6 is 0 Å². The summed E-state index contributed by atoms with van der Waals surface area (Å²) in [5, 5.41) is 4.21. The molecule has 0 radical (unpaired) electrons. The van der Waals surface area contributed by atoms with Gasteiger partial charge < -0.3 is 5.73 Å². The zero-order valence-corrected chi connectivity index (χ0v) is 7.99. The monoisotopic (exact) mass is 167 g/mol. The number of hydrogen-bond acceptors (Lipinski definition) is 2. The summed E-state index contributed by atoms with van der Waals surface area (Å²) in [5.41, 5.74) is 6.89. The maximum atomic E-state index is 5.77. The smallest absolute Gasteiger partial charge is 0.0548 e. The maximum Gasteiger partial charge on any atom is 0.0548 e. The molecule has 0 aliphatic heterocycles. The fourth-order valence-corrected chi connectivity index (χ4v) is 1.23. The van der Waals surface area contributed by atoms with E-state index in [1.54, 1.807) is 6.20 Å². The number of hydrogen-bond donors (Lipinski definition) is 1. The van der Waals surface area contributed by atoms with Crippen LogP contribution in [0.5, 0.6) is 0 Å². The topological polar surface area (TPSA) is 43.8 Å². The van der Waals surface area contributed by atoms with Crippen molar-refractivity contribution in [1.29, 1.82) is 0 Å². The van der Waals surface area contributed by atoms with Gasteiger partial charge in [-0.15, -0.1) is 0 Å². The molecule has 3 nitrogen and oxygen atoms in total. The van der Waals surface area contributed by atoms with Gasteiger partial charge in [0.05, 0.1) is 5.69 Å². The molecule has 0 spiro atoms. The van der Waals surface area contributed by atoms with Crippen molar-refractivity contribution in [2.75, 3.05) is 0 Å². The van der Waals surface area contributed by atoms with E-state index in [2.05, 4.69) is 18.9 Å². The number of aromatic nitrogens is 2. The second-order valence-corrected chi connectivity index (χ2v) is 3.62. The van der Waals surface area contributed by atoms with Crippen LogP contribution in [0.4, 0.5) is 0 Å². The normalized spacial score (nSPS) is 13.8. The molecule has 0 saturated heterocycles. The van der Waals surface area contributed by atoms with Crippen molar-refractivity contribution in [1.82, 2.24) is 9.78 Å². The van der Waals surface area contributed by atoms with Gasteiger partial charge in [0.15, 0.2) is 0 Å². The summed E-state index contributed by atoms with van der Waals surface area (Å²) in [4.78, 5) is 0. The molecule has 0 aliphatic rings. The van der Waals surface area contributed by atoms with E-state index >= 15 is 0 Å². The van der Waals surface area contributed by atoms with Gasteiger partial charge in [-0.3, -0.25) is 4.68 Å². The minimum absolute atomic E-state index is 0.0752. The van der Waals surface area contributed by atoms with Gasteiger partial charge in [-0.25, -0.2) is 0 Å². The molecule has 2 N–H and O–H groups in total. The Labute approximate surface area is 73.6 Å². The Morgan fingerprint density at radius 3 is 2.67 bits per heavy atom. The summed E-state index contributed by atoms with van der Waals surface area (Å²) < 4.78 is 1.98. The minimum Gasteiger partial charge on any atom is -0.323 e. The Balaban J connectivity index is 2.77. The molecule has 0 saturated carbocycles. The molecule has 0 aromatic carbocycles. The van der Waals surface area contributed by atoms with Gasteiger partial charge in [0.2, 0.25) is 0 Å². The standard InChI is InChI=1S/C9H17N3/c1-7(2)6-12-9(8(3)10)4-5-11-12/h4-5,7-8H,6,10H2,1-3H3. The van der Waals surface area contributed by atoms with E-state index in [4.69, 9.17) is 5.73 Å². The molecule has 0 fully saturated rings. The highest BCUT2D eigenvalue weighted by Crippen LogP contribution is 2.10. The van der Waals surface area contributed by atoms with Gasteiger partial charge in [0.1, 0.15) is 0 Å². The predicted octanol–water partition coefficient (Wildman–Crippen LogP) is 1.56. The van der Waals surface area contributed by atoms with E-state index in [-0.39, 0.29) is 6.04 Å². The molecule has 0 amide bonds. The van der Waals surface area contributed by atoms with Crippen molar-refractivity contribution < 1.29 is 0 Å². The summed E-state index contributed by atoms with van der Waals surface area (Å²) in [6.45, 7) is 7.27. The maximum absolute atomic E-state index is 5.77. The first-order valence-electron chi connectivity index (χ1n) is 4.38. The summed E-state index contributed by atoms with van der Waals surface area (Å²) in [6, 6.07) is 2.05. The molecule has 68 valence electrons. The highest BCUT2D eigenvalue weighted by Gasteiger charge is 2.07. The molecular weight excluding hydrogens is 150 g/mol. The van der Waals surface area contributed by atoms with Crippen LogP contribution in [0.15, 0.2) is 12.3 Å². The fraction of sp³-hybridized carbons (Fsp3) is 0.667. The average Bonchev–Trinajstić information content (AvgIpc) is 2.33. The molecule has 1 aromatic rings. The van der Waals surface area contributed by atoms with Crippen molar-refractivity contribution >= 4 is 0 Å². The first kappa shape index (κ1) is 9.26. The Kier molecular flexibility index (Phi) is 2.87. The molecule has 1 aromatic heterocycles. The van der Waals surface area contributed by atoms with Gasteiger partial charge in [-0.2, -0.15) is 5.10 Å². The Morgan fingerprint density at radius 1 is 1.50 bits per heavy atom. The van der Waals surface area contributed by atoms with Crippen LogP contribution in [-0.2, 0) is 6.54 Å². The summed E-state index contributed by atoms with van der Waals surface area (Å²) in [6.07, 6.45) is 1.81. The third-order valence-corrected chi connectivity index (χ3v) is 1.75. The SMILES string of the molecule is CC(C)Cn1nccc1C(C)N. The fourth-order valence-electron chi connectivity index (χ4n) is 1.23. The number of nitrogens with two attached hydrogens (primary N) is 1. The molecule has 1 atom stereocenters. The lowest BCUT2D eigenvalue weighted by Gasteiger charge is -2.11. The summed E-state index contributed by atoms with van der Waals surface area (Å²) in [5.74, 6) is 0.613. The first-order chi connectivity index (χ1) is 5.61. The van der Waals surface area contributed by atoms with Gasteiger partial charge in [0, 0.05) is 18.8 Å². The van der Waals surface area contributed by atoms with Crippen molar-refractivity contribution in [3.8, 4) is 0 Å². The van der Waals surface area contributed by atoms with Gasteiger partial charge in [0.25, 0.3) is 0 Å². The quantitative estimate of drug-likeness (QED) is 0.742. The molecular formula is C9H17N3. The third kappa shape index (κ3) is 2.08. The summed E-state index contributed by atoms with van der Waals surface area (Å²) in [7, 11) is 0. The van der Waals surface area contributed by atoms with Gasteiger partial charge >= 0.3 is 0 Å². The number of nitrogens with zero attached hydrogens (tertiary/aromatic N) is 2. The van der Waals surface area contributed by atoms with Crippen LogP contribution in [0.2, 0.25) is 0 Å². The molecule has 0 bridgehead atoms. The van der Waals surface area contributed by atoms with Crippen LogP contribution in [-0.4, -0.2) is 9.78 Å². The van der Waals surface area contributed by atoms with E-state index in [0.29, 0.717) is 5.92 Å². The van der Waals surface area contributed by atoms with Crippen LogP contribution in [0.3, 0.4) is 0 Å². The van der Waals surface area contributed by atoms with Crippen LogP contribution in [0, 0.1) is 5.92 Å². The average molecular weight is 167 g/mol. The highest BCUT2D eigenvalue weighted by atomic mass is 15.3. The van der Waals surface area contributed by atoms with E-state index in [0.717, 1.165) is 12.2 Å². The lowest BCUT2D eigenvalue weighted by atomic mass is 10.2. The largest absolute Gasteiger partial charge is 0.323 e. The zero-order chi connectivity index (χ0) is 9.14. The Hall–Kier alpha value is -0.830. The minimum atomic E-state index is 0.0752. The molecule has 1 unspecified atom stereocenters. The molecule has 3 heteroatoms. The highest BCUT2D eigenvalue weighted by molar-refractivity contribution is 5.04. The van der Waals surface area contributed by atoms with E-state index < -0.39 is 0 Å². The third-order valence-electron chi connectivity index (χ3n) is 1.75. The Morgan fingerprint density at radius 2 is 2.17 bits per heavy atom. The molecule has 1 heterocycles. The van der Waals surface area contributed by atoms with Crippen molar-refractivity contribution in [3.05, 3.63) is 18.0 Å². The van der Waals surface area contributed by atoms with Crippen LogP contribution in [0.1, 0.15) is 32.5 Å². The lowest BCUT2D eigenvalue weighted by Crippen LogP contribution is -2.15. The molecule has 12 heavy (non-hydrogen) atoms. The second-order valence-electron chi connectivity index (χ2n) is 3.62. The lowest BCUT2D eigenvalue weighted by molar-refractivity contribution is 0.459. The van der Waals surface area contributed by atoms with E-state index in [1.165, 1.54) is 0 Å². The van der Waals surface area contributed by atoms with Crippen molar-refractivity contribution in [2.45, 2.75) is 33.4 Å². The first-order valence-corrected chi connectivity index (χ1v) is 4.38. The van der Waals surface area contributed by atoms with Gasteiger partial charge in [-0.1, -0.05) is 13.8 Å². The second kappa shape index (κ2) is 3.72. The van der Waals surface area contributed by atoms with Crippen LogP contribution < -0.4 is 5.73 Å². The number of rotatable bonds is 3. The van der Waals surface area contributed by atoms with E-state index in [1.807, 2.05) is 17.7 Å². The van der Waals surface area contributed by atoms with Crippen LogP contribution in [0.25, 0.3) is 0 Å². The van der Waals surface area contributed by atoms with E-state index in [9.17, 15) is 0 Å². The summed E-state index contributed by atoms with van der Waals surface area (Å²) >= 11 is 0. The Bertz CT molecular complexity index is 238. The van der Waals surface area contributed by atoms with Crippen molar-refractivity contribution in [2.24, 2.45) is 11.7 Å². The van der Waals surface area contributed by atoms with Crippen molar-refractivity contribution in [3.63, 3.8) is 0 Å². The molecule has 1 rings (SSSR count). The molecule has 0 aliphatic carbocycles.